The van der Waals surface area contributed by atoms with E-state index >= 15 is 0 Å². The zero-order chi connectivity index (χ0) is 106. The number of ether oxygens (including phenoxy) is 8. The Morgan fingerprint density at radius 3 is 1.15 bits per heavy atom. The van der Waals surface area contributed by atoms with Gasteiger partial charge in [0.05, 0.1) is 59.5 Å². The van der Waals surface area contributed by atoms with E-state index in [4.69, 9.17) is 37.9 Å². The van der Waals surface area contributed by atoms with Crippen molar-refractivity contribution in [3.05, 3.63) is 0 Å². The first-order chi connectivity index (χ1) is 68.9. The second-order valence-electron chi connectivity index (χ2n) is 58.4. The number of ketones is 1. The smallest absolute Gasteiger partial charge is 0.348 e. The Morgan fingerprint density at radius 2 is 0.769 bits per heavy atom. The quantitative estimate of drug-likeness (QED) is 0.107. The van der Waals surface area contributed by atoms with E-state index in [9.17, 15) is 66.3 Å². The minimum atomic E-state index is -3.41. The number of Topliss-reactive ketones (excluding diaryl/α,β-unsaturated/α-hetero) is 1. The van der Waals surface area contributed by atoms with E-state index in [-0.39, 0.29) is 136 Å². The van der Waals surface area contributed by atoms with Crippen molar-refractivity contribution in [1.29, 1.82) is 0 Å². The number of nitrogens with one attached hydrogen (secondary N) is 1. The maximum Gasteiger partial charge on any atom is 0.348 e. The van der Waals surface area contributed by atoms with Crippen molar-refractivity contribution in [2.45, 2.75) is 393 Å². The third kappa shape index (κ3) is 20.1. The van der Waals surface area contributed by atoms with Crippen molar-refractivity contribution >= 4 is 75.4 Å². The van der Waals surface area contributed by atoms with Crippen LogP contribution in [0, 0.1) is 295 Å². The molecule has 0 aromatic heterocycles. The zero-order valence-corrected chi connectivity index (χ0v) is 95.0. The van der Waals surface area contributed by atoms with Crippen LogP contribution in [0.2, 0.25) is 0 Å². The number of sulfonamides is 1. The average Bonchev–Trinajstić information content (AvgIpc) is 1.61. The van der Waals surface area contributed by atoms with Gasteiger partial charge in [0.2, 0.25) is 22.0 Å². The van der Waals surface area contributed by atoms with E-state index in [0.717, 1.165) is 155 Å². The monoisotopic (exact) mass is 2060 g/mol. The van der Waals surface area contributed by atoms with Crippen molar-refractivity contribution in [3.63, 3.8) is 0 Å². The molecule has 23 nitrogen and oxygen atoms in total. The number of amides is 1. The van der Waals surface area contributed by atoms with E-state index in [2.05, 4.69) is 122 Å². The summed E-state index contributed by atoms with van der Waals surface area (Å²) in [7, 11) is -3.41. The molecule has 27 fully saturated rings. The average molecular weight is 2070 g/mol. The number of aliphatic carboxylic acids is 1. The van der Waals surface area contributed by atoms with Gasteiger partial charge in [0, 0.05) is 29.6 Å². The maximum atomic E-state index is 13.2. The Morgan fingerprint density at radius 1 is 0.395 bits per heavy atom. The zero-order valence-electron chi connectivity index (χ0n) is 94.2. The Labute approximate surface area is 880 Å². The number of esters is 8. The highest BCUT2D eigenvalue weighted by molar-refractivity contribution is 7.89. The summed E-state index contributed by atoms with van der Waals surface area (Å²) in [5, 5.41) is 9.45. The molecule has 0 aromatic carbocycles. The molecule has 2 N–H and O–H groups in total. The fourth-order valence-electron chi connectivity index (χ4n) is 40.0. The lowest BCUT2D eigenvalue weighted by molar-refractivity contribution is -0.216. The summed E-state index contributed by atoms with van der Waals surface area (Å²) in [6, 6.07) is 0. The summed E-state index contributed by atoms with van der Waals surface area (Å²) in [5.41, 5.74) is -1.87. The topological polar surface area (TPSA) is 328 Å². The van der Waals surface area contributed by atoms with Crippen molar-refractivity contribution in [2.75, 3.05) is 12.9 Å². The third-order valence-corrected chi connectivity index (χ3v) is 50.0. The molecular weight excluding hydrogens is 1880 g/mol. The fourth-order valence-corrected chi connectivity index (χ4v) is 40.5. The van der Waals surface area contributed by atoms with Crippen LogP contribution in [0.5, 0.6) is 0 Å². The minimum absolute atomic E-state index is 0.0108. The summed E-state index contributed by atoms with van der Waals surface area (Å²) in [5.74, 6) is 21.9. The van der Waals surface area contributed by atoms with Crippen LogP contribution < -0.4 is 4.72 Å². The lowest BCUT2D eigenvalue weighted by atomic mass is 9.49. The van der Waals surface area contributed by atoms with E-state index in [1.54, 1.807) is 0 Å². The number of carbonyl (C=O) groups excluding carboxylic acids is 10. The number of hydrogen-bond donors (Lipinski definition) is 2. The molecule has 2 saturated heterocycles. The molecule has 24 bridgehead atoms. The van der Waals surface area contributed by atoms with E-state index in [0.29, 0.717) is 173 Å². The summed E-state index contributed by atoms with van der Waals surface area (Å²) in [6.45, 7) is 52.1. The van der Waals surface area contributed by atoms with Crippen LogP contribution in [0.25, 0.3) is 0 Å². The predicted octanol–water partition coefficient (Wildman–Crippen LogP) is 22.4. The molecule has 25 aliphatic carbocycles. The third-order valence-electron chi connectivity index (χ3n) is 49.5. The Kier molecular flexibility index (Phi) is 30.4. The van der Waals surface area contributed by atoms with Gasteiger partial charge in [-0.15, -0.1) is 0 Å². The van der Waals surface area contributed by atoms with E-state index in [1.807, 2.05) is 48.5 Å². The van der Waals surface area contributed by atoms with Crippen LogP contribution in [-0.2, 0) is 101 Å². The van der Waals surface area contributed by atoms with Crippen molar-refractivity contribution in [1.82, 2.24) is 4.72 Å². The number of carboxylic acid groups (broad SMARTS) is 1. The summed E-state index contributed by atoms with van der Waals surface area (Å²) in [6.07, 6.45) is 33.0. The van der Waals surface area contributed by atoms with Crippen LogP contribution in [0.4, 0.5) is 0 Å². The summed E-state index contributed by atoms with van der Waals surface area (Å²) >= 11 is 0. The van der Waals surface area contributed by atoms with Gasteiger partial charge >= 0.3 is 53.7 Å². The molecule has 25 saturated carbocycles. The molecular formula is C123H189NO22S. The van der Waals surface area contributed by atoms with Gasteiger partial charge in [-0.05, 0) is 440 Å². The second kappa shape index (κ2) is 40.8. The number of hydrogen-bond acceptors (Lipinski definition) is 21. The first-order valence-electron chi connectivity index (χ1n) is 59.9. The van der Waals surface area contributed by atoms with Crippen molar-refractivity contribution < 1.29 is 104 Å². The Bertz CT molecular complexity index is 5000. The van der Waals surface area contributed by atoms with E-state index in [1.165, 1.54) is 89.9 Å². The van der Waals surface area contributed by atoms with Gasteiger partial charge in [0.25, 0.3) is 0 Å². The lowest BCUT2D eigenvalue weighted by Gasteiger charge is -2.60. The highest BCUT2D eigenvalue weighted by Gasteiger charge is 2.69. The number of fused-ring (bicyclic) bond motifs is 15. The van der Waals surface area contributed by atoms with E-state index < -0.39 is 56.5 Å². The maximum absolute atomic E-state index is 13.2. The second-order valence-corrected chi connectivity index (χ2v) is 60.1. The first kappa shape index (κ1) is 110. The van der Waals surface area contributed by atoms with Crippen LogP contribution in [0.15, 0.2) is 0 Å². The molecule has 24 heteroatoms. The molecule has 44 unspecified atom stereocenters. The summed E-state index contributed by atoms with van der Waals surface area (Å²) < 4.78 is 70.5. The fraction of sp³-hybridized carbons (Fsp3) is 0.911. The minimum Gasteiger partial charge on any atom is -0.481 e. The Hall–Kier alpha value is -5.68. The summed E-state index contributed by atoms with van der Waals surface area (Å²) in [4.78, 5) is 136. The molecule has 824 valence electrons. The van der Waals surface area contributed by atoms with Crippen LogP contribution in [0.1, 0.15) is 352 Å². The van der Waals surface area contributed by atoms with Crippen molar-refractivity contribution in [2.24, 2.45) is 295 Å². The van der Waals surface area contributed by atoms with Crippen LogP contribution >= 0.6 is 0 Å². The molecule has 1 amide bonds. The molecule has 2 heterocycles. The molecule has 44 atom stereocenters. The molecule has 27 rings (SSSR count). The number of carbonyl (C=O) groups is 11. The normalized spacial score (nSPS) is 50.3. The number of rotatable bonds is 16. The van der Waals surface area contributed by atoms with Crippen molar-refractivity contribution in [3.8, 4) is 0 Å². The van der Waals surface area contributed by atoms with Gasteiger partial charge in [-0.25, -0.2) is 13.2 Å². The highest BCUT2D eigenvalue weighted by atomic mass is 32.2. The largest absolute Gasteiger partial charge is 0.481 e. The molecule has 0 spiro atoms. The number of carboxylic acids is 1. The molecule has 147 heavy (non-hydrogen) atoms. The van der Waals surface area contributed by atoms with Gasteiger partial charge in [0.15, 0.2) is 0 Å². The molecule has 0 aromatic rings. The molecule has 0 radical (unpaired) electrons. The lowest BCUT2D eigenvalue weighted by Crippen LogP contribution is -2.60. The number of cyclic esters (lactones) is 1. The first-order valence-corrected chi connectivity index (χ1v) is 61.8. The molecule has 27 aliphatic rings. The van der Waals surface area contributed by atoms with Crippen LogP contribution in [0.3, 0.4) is 0 Å². The van der Waals surface area contributed by atoms with Gasteiger partial charge in [-0.3, -0.25) is 52.7 Å². The SMILES string of the molecule is CC1C(C)C2CC1C(C(=O)O)C2C(=O)OC(C)(C)C.CC1C2CC(C(=O)NS(C)(=O)=O)C(C2)C1C.CC1C2CC(C(=O)OC3(C)C4CC5CC(C4)CC3C5)C(C2)C1C.CC1C2CC(C(=O)OC3C(=O)OCC3(C)C)C(C2)C1C.CC1C2CC(C(=O)OC3C4CC5C(=O)OC3C5C4)C(C2)C1C.CC1CCC(C(C)(C)OC(=O)C2CC3CC2C(C)C3C)C(=O)C1.CCC1(OC(=O)C2CC3CC2C(C)C3C)C2CC3CC(C2)CC1C3. The van der Waals surface area contributed by atoms with Crippen LogP contribution in [-0.4, -0.2) is 133 Å². The van der Waals surface area contributed by atoms with Gasteiger partial charge in [0.1, 0.15) is 47.0 Å². The molecule has 2 aliphatic heterocycles. The Balaban J connectivity index is 0.000000108. The van der Waals surface area contributed by atoms with Gasteiger partial charge in [-0.2, -0.15) is 0 Å². The van der Waals surface area contributed by atoms with Gasteiger partial charge in [-0.1, -0.05) is 125 Å². The highest BCUT2D eigenvalue weighted by Crippen LogP contribution is 2.68. The predicted molar refractivity (Wildman–Crippen MR) is 555 cm³/mol. The standard InChI is InChI=1S/C22H34O2.C21H32O2.C20H32O3.C18H24O4.C16H24O4.C15H24O4.C11H19NO3S/c1-4-22(17-6-14-5-15(8-17)9-18(22)7-14)24-21(23)20-11-16-10-19(20)13(3)12(16)2;1-11-12(2)18-9-15(11)10-19(18)20(22)23-21(3)16-5-13-4-14(7-16)8-17(21)6-13;1-11-6-7-17(18(21)8-11)20(4,5)23-19(22)16-10-14-9-15(16)13(3)12(14)2;1-7-8(2)11-3-9(7)4-13(11)17(19)21-15-10-5-12-14(6-10)18(20)22-16(12)15;1-8-9(2)11-5-10(8)6-12(11)14(17)20-13-15(18)19-7-16(13,3)4;1-7-8(2)10-6-9(7)11(13(16)17)12(10)14(18)19-15(3,4)5;1-6-7(2)9-4-8(6)5-10(9)11(13)12-16(3,14)15/h12-20H,4-11H2,1-3H3;11-19H,4-10H2,1-3H3;11-17H,6-10H2,1-5H3;7-16H,3-6H2,1-2H3;8-13H,5-7H2,1-4H3;7-12H,6H2,1-5H3,(H,16,17);6-10H,4-5H2,1-3H3,(H,12,13). The van der Waals surface area contributed by atoms with Gasteiger partial charge < -0.3 is 43.0 Å².